The average Bonchev–Trinajstić information content (AvgIpc) is 3.55. The maximum atomic E-state index is 6.13. The van der Waals surface area contributed by atoms with Gasteiger partial charge in [0.05, 0.1) is 22.6 Å². The lowest BCUT2D eigenvalue weighted by Crippen LogP contribution is -2.41. The molecule has 0 spiro atoms. The van der Waals surface area contributed by atoms with E-state index in [1.165, 1.54) is 38.9 Å². The van der Waals surface area contributed by atoms with E-state index in [0.29, 0.717) is 0 Å². The van der Waals surface area contributed by atoms with E-state index >= 15 is 0 Å². The Balaban J connectivity index is 0.000000156. The molecule has 2 aromatic heterocycles. The molecule has 0 saturated carbocycles. The van der Waals surface area contributed by atoms with Crippen LogP contribution in [0.2, 0.25) is 0 Å². The molecule has 0 N–H and O–H groups in total. The fourth-order valence-corrected chi connectivity index (χ4v) is 7.73. The van der Waals surface area contributed by atoms with Gasteiger partial charge in [0.1, 0.15) is 0 Å². The molecule has 0 atom stereocenters. The van der Waals surface area contributed by atoms with Crippen molar-refractivity contribution in [1.82, 2.24) is 9.97 Å². The van der Waals surface area contributed by atoms with Gasteiger partial charge in [0, 0.05) is 33.6 Å². The van der Waals surface area contributed by atoms with Crippen molar-refractivity contribution in [1.29, 1.82) is 0 Å². The van der Waals surface area contributed by atoms with Gasteiger partial charge in [0.15, 0.2) is 0 Å². The van der Waals surface area contributed by atoms with E-state index in [1.54, 1.807) is 0 Å². The summed E-state index contributed by atoms with van der Waals surface area (Å²) in [6, 6.07) is 63.6. The minimum absolute atomic E-state index is 0.180. The zero-order valence-electron chi connectivity index (χ0n) is 40.1. The van der Waals surface area contributed by atoms with E-state index in [-0.39, 0.29) is 29.2 Å². The quantitative estimate of drug-likeness (QED) is 0.156. The van der Waals surface area contributed by atoms with Gasteiger partial charge in [-0.3, -0.25) is 9.97 Å². The van der Waals surface area contributed by atoms with Crippen LogP contribution in [0, 0.1) is 0 Å². The molecule has 6 aromatic carbocycles. The fourth-order valence-electron chi connectivity index (χ4n) is 7.49. The SMILES string of the molecule is Brc1ccc(-c2ccccc2)nc1.CC(C)(C)c1ccc(-c2ccc(-c3ccc(-c4ccccc4)nc3)cc2)cc1.CC(C)(C)c1ccc(-c2ccc(B3OC(C)(C)C(C)(C)O3)cc2)cc1. The van der Waals surface area contributed by atoms with Gasteiger partial charge in [-0.15, -0.1) is 0 Å². The minimum atomic E-state index is -0.306. The monoisotopic (exact) mass is 932 g/mol. The molecule has 0 amide bonds. The van der Waals surface area contributed by atoms with Crippen LogP contribution in [-0.2, 0) is 20.1 Å². The van der Waals surface area contributed by atoms with Gasteiger partial charge in [-0.2, -0.15) is 0 Å². The highest BCUT2D eigenvalue weighted by Crippen LogP contribution is 2.37. The van der Waals surface area contributed by atoms with Crippen LogP contribution in [-0.4, -0.2) is 28.3 Å². The predicted molar refractivity (Wildman–Crippen MR) is 283 cm³/mol. The highest BCUT2D eigenvalue weighted by Gasteiger charge is 2.51. The second-order valence-corrected chi connectivity index (χ2v) is 20.9. The van der Waals surface area contributed by atoms with Crippen molar-refractivity contribution in [2.45, 2.75) is 91.3 Å². The number of hydrogen-bond acceptors (Lipinski definition) is 4. The van der Waals surface area contributed by atoms with Gasteiger partial charge in [-0.05, 0) is 117 Å². The van der Waals surface area contributed by atoms with Gasteiger partial charge in [-0.1, -0.05) is 205 Å². The molecular formula is C60H62BBrN2O2. The van der Waals surface area contributed by atoms with Crippen molar-refractivity contribution in [3.63, 3.8) is 0 Å². The van der Waals surface area contributed by atoms with Crippen LogP contribution < -0.4 is 5.46 Å². The predicted octanol–water partition coefficient (Wildman–Crippen LogP) is 15.8. The lowest BCUT2D eigenvalue weighted by atomic mass is 9.78. The van der Waals surface area contributed by atoms with Crippen LogP contribution in [0.3, 0.4) is 0 Å². The second kappa shape index (κ2) is 20.3. The summed E-state index contributed by atoms with van der Waals surface area (Å²) in [5.74, 6) is 0. The molecule has 3 heterocycles. The molecule has 0 bridgehead atoms. The largest absolute Gasteiger partial charge is 0.494 e. The molecule has 1 aliphatic heterocycles. The molecule has 6 heteroatoms. The molecular weight excluding hydrogens is 871 g/mol. The first-order valence-electron chi connectivity index (χ1n) is 22.8. The van der Waals surface area contributed by atoms with Crippen molar-refractivity contribution in [3.8, 4) is 55.9 Å². The maximum absolute atomic E-state index is 6.13. The normalized spacial score (nSPS) is 14.1. The molecule has 334 valence electrons. The summed E-state index contributed by atoms with van der Waals surface area (Å²) in [7, 11) is -0.303. The highest BCUT2D eigenvalue weighted by molar-refractivity contribution is 9.10. The van der Waals surface area contributed by atoms with Crippen LogP contribution in [0.4, 0.5) is 0 Å². The Morgan fingerprint density at radius 3 is 1.06 bits per heavy atom. The van der Waals surface area contributed by atoms with Crippen molar-refractivity contribution in [2.75, 3.05) is 0 Å². The van der Waals surface area contributed by atoms with Crippen molar-refractivity contribution in [3.05, 3.63) is 210 Å². The zero-order chi connectivity index (χ0) is 47.1. The Labute approximate surface area is 402 Å². The Morgan fingerprint density at radius 2 is 0.712 bits per heavy atom. The third kappa shape index (κ3) is 12.1. The number of rotatable bonds is 6. The molecule has 4 nitrogen and oxygen atoms in total. The first-order valence-corrected chi connectivity index (χ1v) is 23.6. The summed E-state index contributed by atoms with van der Waals surface area (Å²) in [5.41, 5.74) is 15.1. The zero-order valence-corrected chi connectivity index (χ0v) is 41.7. The third-order valence-corrected chi connectivity index (χ3v) is 12.9. The lowest BCUT2D eigenvalue weighted by Gasteiger charge is -2.32. The number of halogens is 1. The van der Waals surface area contributed by atoms with Crippen LogP contribution in [0.1, 0.15) is 80.4 Å². The van der Waals surface area contributed by atoms with Gasteiger partial charge in [-0.25, -0.2) is 0 Å². The summed E-state index contributed by atoms with van der Waals surface area (Å²) >= 11 is 3.36. The van der Waals surface area contributed by atoms with E-state index < -0.39 is 0 Å². The maximum Gasteiger partial charge on any atom is 0.494 e. The summed E-state index contributed by atoms with van der Waals surface area (Å²) in [5, 5.41) is 0. The summed E-state index contributed by atoms with van der Waals surface area (Å²) in [6.45, 7) is 21.8. The van der Waals surface area contributed by atoms with Crippen molar-refractivity contribution < 1.29 is 9.31 Å². The number of benzene rings is 6. The Bertz CT molecular complexity index is 2740. The number of nitrogens with zero attached hydrogens (tertiary/aromatic N) is 2. The van der Waals surface area contributed by atoms with Gasteiger partial charge >= 0.3 is 7.12 Å². The van der Waals surface area contributed by atoms with E-state index in [1.807, 2.05) is 60.9 Å². The molecule has 66 heavy (non-hydrogen) atoms. The molecule has 1 aliphatic rings. The van der Waals surface area contributed by atoms with Gasteiger partial charge in [0.2, 0.25) is 0 Å². The van der Waals surface area contributed by atoms with Crippen molar-refractivity contribution in [2.24, 2.45) is 0 Å². The Hall–Kier alpha value is -5.92. The fraction of sp³-hybridized carbons (Fsp3) is 0.233. The van der Waals surface area contributed by atoms with E-state index in [2.05, 4.69) is 229 Å². The van der Waals surface area contributed by atoms with E-state index in [0.717, 1.165) is 38.0 Å². The van der Waals surface area contributed by atoms with E-state index in [9.17, 15) is 0 Å². The second-order valence-electron chi connectivity index (χ2n) is 20.0. The lowest BCUT2D eigenvalue weighted by molar-refractivity contribution is 0.00578. The van der Waals surface area contributed by atoms with Crippen LogP contribution in [0.5, 0.6) is 0 Å². The molecule has 9 rings (SSSR count). The minimum Gasteiger partial charge on any atom is -0.399 e. The smallest absolute Gasteiger partial charge is 0.399 e. The Kier molecular flexibility index (Phi) is 14.8. The highest BCUT2D eigenvalue weighted by atomic mass is 79.9. The molecule has 8 aromatic rings. The number of aromatic nitrogens is 2. The molecule has 1 saturated heterocycles. The number of pyridine rings is 2. The van der Waals surface area contributed by atoms with E-state index in [4.69, 9.17) is 9.31 Å². The summed E-state index contributed by atoms with van der Waals surface area (Å²) in [4.78, 5) is 8.94. The first kappa shape index (κ1) is 48.0. The third-order valence-electron chi connectivity index (χ3n) is 12.5. The average molecular weight is 934 g/mol. The molecule has 1 fully saturated rings. The van der Waals surface area contributed by atoms with Gasteiger partial charge < -0.3 is 9.31 Å². The first-order chi connectivity index (χ1) is 31.4. The molecule has 0 unspecified atom stereocenters. The Morgan fingerprint density at radius 1 is 0.379 bits per heavy atom. The topological polar surface area (TPSA) is 44.2 Å². The molecule has 0 radical (unpaired) electrons. The standard InChI is InChI=1S/C27H25N.C22H29BO2.C11H8BrN/c1-27(2,3)25-16-13-21(14-17-25)20-9-11-22(12-10-20)24-15-18-26(28-19-24)23-7-5-4-6-8-23;1-20(2,3)18-12-8-16(9-13-18)17-10-14-19(15-11-17)23-24-21(4,5)22(6,7)25-23;12-10-6-7-11(13-8-10)9-4-2-1-3-5-9/h4-19H,1-3H3;8-15H,1-7H3;1-8H. The van der Waals surface area contributed by atoms with Crippen LogP contribution >= 0.6 is 15.9 Å². The van der Waals surface area contributed by atoms with Crippen LogP contribution in [0.15, 0.2) is 199 Å². The van der Waals surface area contributed by atoms with Gasteiger partial charge in [0.25, 0.3) is 0 Å². The van der Waals surface area contributed by atoms with Crippen LogP contribution in [0.25, 0.3) is 55.9 Å². The van der Waals surface area contributed by atoms with Crippen molar-refractivity contribution >= 4 is 28.5 Å². The summed E-state index contributed by atoms with van der Waals surface area (Å²) < 4.78 is 13.3. The summed E-state index contributed by atoms with van der Waals surface area (Å²) in [6.07, 6.45) is 3.76. The molecule has 0 aliphatic carbocycles. The number of hydrogen-bond donors (Lipinski definition) is 0.